The molecule has 0 saturated heterocycles. The van der Waals surface area contributed by atoms with Gasteiger partial charge in [-0.25, -0.2) is 8.42 Å². The summed E-state index contributed by atoms with van der Waals surface area (Å²) >= 11 is 1.11. The van der Waals surface area contributed by atoms with Crippen molar-refractivity contribution in [3.8, 4) is 0 Å². The van der Waals surface area contributed by atoms with Gasteiger partial charge in [0.2, 0.25) is 0 Å². The fraction of sp³-hybridized carbons (Fsp3) is 0.636. The van der Waals surface area contributed by atoms with Gasteiger partial charge in [0.25, 0.3) is 15.9 Å². The number of hydrogen-bond acceptors (Lipinski definition) is 8. The van der Waals surface area contributed by atoms with Crippen LogP contribution in [0.1, 0.15) is 52.0 Å². The Morgan fingerprint density at radius 2 is 2.03 bits per heavy atom. The minimum Gasteiger partial charge on any atom is -0.511 e. The Morgan fingerprint density at radius 3 is 2.62 bits per heavy atom. The minimum absolute atomic E-state index is 0.0477. The summed E-state index contributed by atoms with van der Waals surface area (Å²) in [6.45, 7) is 6.48. The van der Waals surface area contributed by atoms with Gasteiger partial charge >= 0.3 is 0 Å². The van der Waals surface area contributed by atoms with E-state index >= 15 is 0 Å². The molecule has 1 atom stereocenters. The molecule has 2 N–H and O–H groups in total. The Labute approximate surface area is 204 Å². The zero-order valence-electron chi connectivity index (χ0n) is 19.8. The van der Waals surface area contributed by atoms with Crippen LogP contribution in [0.15, 0.2) is 26.0 Å². The first-order valence-electron chi connectivity index (χ1n) is 11.4. The largest absolute Gasteiger partial charge is 0.511 e. The highest BCUT2D eigenvalue weighted by molar-refractivity contribution is 7.91. The highest BCUT2D eigenvalue weighted by Crippen LogP contribution is 2.45. The number of rotatable bonds is 8. The van der Waals surface area contributed by atoms with Crippen LogP contribution >= 0.6 is 11.3 Å². The van der Waals surface area contributed by atoms with Gasteiger partial charge in [0.05, 0.1) is 5.75 Å². The van der Waals surface area contributed by atoms with E-state index in [0.717, 1.165) is 36.9 Å². The molecule has 1 saturated carbocycles. The number of sulfonamides is 1. The Kier molecular flexibility index (Phi) is 6.39. The van der Waals surface area contributed by atoms with Crippen molar-refractivity contribution in [3.05, 3.63) is 22.3 Å². The number of anilines is 1. The molecule has 34 heavy (non-hydrogen) atoms. The number of nitrogens with one attached hydrogen (secondary N) is 1. The topological polar surface area (TPSA) is 133 Å². The number of aliphatic hydroxyl groups excluding tert-OH is 1. The first-order chi connectivity index (χ1) is 15.7. The summed E-state index contributed by atoms with van der Waals surface area (Å²) in [7, 11) is -7.48. The van der Waals surface area contributed by atoms with E-state index in [1.807, 2.05) is 6.92 Å². The van der Waals surface area contributed by atoms with Crippen molar-refractivity contribution in [3.63, 3.8) is 0 Å². The second-order valence-electron chi connectivity index (χ2n) is 10.2. The molecule has 9 nitrogen and oxygen atoms in total. The maximum absolute atomic E-state index is 13.4. The van der Waals surface area contributed by atoms with E-state index in [2.05, 4.69) is 23.6 Å². The molecule has 4 rings (SSSR count). The van der Waals surface area contributed by atoms with E-state index < -0.39 is 31.2 Å². The van der Waals surface area contributed by atoms with E-state index in [1.165, 1.54) is 0 Å². The number of amidine groups is 1. The van der Waals surface area contributed by atoms with E-state index in [-0.39, 0.29) is 45.3 Å². The van der Waals surface area contributed by atoms with Gasteiger partial charge in [0.15, 0.2) is 5.84 Å². The minimum atomic E-state index is -4.20. The summed E-state index contributed by atoms with van der Waals surface area (Å²) in [5.41, 5.74) is -0.430. The second kappa shape index (κ2) is 8.63. The van der Waals surface area contributed by atoms with E-state index in [9.17, 15) is 26.7 Å². The first-order valence-corrected chi connectivity index (χ1v) is 15.7. The summed E-state index contributed by atoms with van der Waals surface area (Å²) in [5.74, 6) is -0.496. The van der Waals surface area contributed by atoms with Crippen molar-refractivity contribution in [2.45, 2.75) is 63.8 Å². The molecule has 188 valence electrons. The van der Waals surface area contributed by atoms with Gasteiger partial charge in [-0.1, -0.05) is 20.8 Å². The van der Waals surface area contributed by atoms with Crippen molar-refractivity contribution >= 4 is 47.9 Å². The molecule has 12 heteroatoms. The fourth-order valence-corrected chi connectivity index (χ4v) is 7.65. The van der Waals surface area contributed by atoms with Crippen LogP contribution in [0.25, 0.3) is 0 Å². The Balaban J connectivity index is 1.74. The lowest BCUT2D eigenvalue weighted by atomic mass is 9.76. The van der Waals surface area contributed by atoms with Gasteiger partial charge in [-0.15, -0.1) is 15.7 Å². The number of nitrogens with zero attached hydrogens (tertiary/aromatic N) is 2. The average molecular weight is 530 g/mol. The quantitative estimate of drug-likeness (QED) is 0.529. The number of amides is 1. The number of fused-ring (bicyclic) bond motifs is 1. The molecule has 1 fully saturated rings. The lowest BCUT2D eigenvalue weighted by molar-refractivity contribution is -0.130. The average Bonchev–Trinajstić information content (AvgIpc) is 3.46. The molecular formula is C22H31N3O6S3. The van der Waals surface area contributed by atoms with Crippen LogP contribution in [-0.4, -0.2) is 63.2 Å². The predicted molar refractivity (Wildman–Crippen MR) is 133 cm³/mol. The lowest BCUT2D eigenvalue weighted by Gasteiger charge is -2.41. The van der Waals surface area contributed by atoms with Crippen molar-refractivity contribution in [1.82, 2.24) is 4.90 Å². The van der Waals surface area contributed by atoms with Crippen LogP contribution in [0.3, 0.4) is 0 Å². The molecule has 1 aliphatic carbocycles. The predicted octanol–water partition coefficient (Wildman–Crippen LogP) is 3.11. The van der Waals surface area contributed by atoms with Gasteiger partial charge in [0.1, 0.15) is 31.1 Å². The maximum atomic E-state index is 13.4. The standard InChI is InChI=1S/C22H31N3O6S3/c1-13(2)7-9-22(3)12-25(15-5-6-15)21(27)16(18(22)26)19-23-20-17(34(30,31)24-19)14(11-32-20)8-10-33(4,28)29/h11,13,15,26H,5-10,12H2,1-4H3,(H,23,24). The SMILES string of the molecule is CC(C)CCC1(C)CN(C2CC2)C(=O)C(C2=NS(=O)(=O)c3c(CCS(C)(=O)=O)csc3N2)=C1O. The first kappa shape index (κ1) is 25.2. The van der Waals surface area contributed by atoms with Crippen LogP contribution in [-0.2, 0) is 31.1 Å². The molecule has 0 spiro atoms. The number of carbonyl (C=O) groups excluding carboxylic acids is 1. The fourth-order valence-electron chi connectivity index (χ4n) is 4.39. The number of carbonyl (C=O) groups is 1. The number of thiophene rings is 1. The summed E-state index contributed by atoms with van der Waals surface area (Å²) in [6.07, 6.45) is 4.41. The zero-order chi connectivity index (χ0) is 25.1. The van der Waals surface area contributed by atoms with Crippen molar-refractivity contribution in [1.29, 1.82) is 0 Å². The molecule has 1 aromatic rings. The van der Waals surface area contributed by atoms with Crippen molar-refractivity contribution in [2.75, 3.05) is 23.9 Å². The zero-order valence-corrected chi connectivity index (χ0v) is 22.2. The van der Waals surface area contributed by atoms with E-state index in [4.69, 9.17) is 0 Å². The molecule has 1 aromatic heterocycles. The maximum Gasteiger partial charge on any atom is 0.287 e. The molecule has 2 aliphatic heterocycles. The lowest BCUT2D eigenvalue weighted by Crippen LogP contribution is -2.50. The third kappa shape index (κ3) is 4.90. The molecule has 1 amide bonds. The highest BCUT2D eigenvalue weighted by Gasteiger charge is 2.49. The third-order valence-corrected chi connectivity index (χ3v) is 9.99. The molecule has 0 radical (unpaired) electrons. The molecule has 3 aliphatic rings. The Morgan fingerprint density at radius 1 is 1.35 bits per heavy atom. The molecule has 0 aromatic carbocycles. The van der Waals surface area contributed by atoms with E-state index in [1.54, 1.807) is 10.3 Å². The molecule has 1 unspecified atom stereocenters. The summed E-state index contributed by atoms with van der Waals surface area (Å²) in [4.78, 5) is 15.1. The smallest absolute Gasteiger partial charge is 0.287 e. The van der Waals surface area contributed by atoms with Crippen LogP contribution in [0.4, 0.5) is 5.00 Å². The van der Waals surface area contributed by atoms with Gasteiger partial charge in [-0.3, -0.25) is 4.79 Å². The second-order valence-corrected chi connectivity index (χ2v) is 14.9. The number of hydrogen-bond donors (Lipinski definition) is 2. The normalized spacial score (nSPS) is 24.8. The van der Waals surface area contributed by atoms with Crippen LogP contribution in [0, 0.1) is 11.3 Å². The summed E-state index contributed by atoms with van der Waals surface area (Å²) in [6, 6.07) is 0.0923. The summed E-state index contributed by atoms with van der Waals surface area (Å²) < 4.78 is 53.3. The van der Waals surface area contributed by atoms with E-state index in [0.29, 0.717) is 24.4 Å². The van der Waals surface area contributed by atoms with Gasteiger partial charge in [-0.05, 0) is 49.0 Å². The van der Waals surface area contributed by atoms with Crippen LogP contribution in [0.2, 0.25) is 0 Å². The van der Waals surface area contributed by atoms with Crippen LogP contribution in [0.5, 0.6) is 0 Å². The monoisotopic (exact) mass is 529 g/mol. The van der Waals surface area contributed by atoms with Crippen LogP contribution < -0.4 is 5.32 Å². The highest BCUT2D eigenvalue weighted by atomic mass is 32.2. The van der Waals surface area contributed by atoms with Crippen molar-refractivity contribution in [2.24, 2.45) is 15.7 Å². The van der Waals surface area contributed by atoms with Gasteiger partial charge in [-0.2, -0.15) is 8.42 Å². The molecule has 3 heterocycles. The summed E-state index contributed by atoms with van der Waals surface area (Å²) in [5, 5.41) is 16.1. The van der Waals surface area contributed by atoms with Gasteiger partial charge in [0, 0.05) is 24.3 Å². The molecular weight excluding hydrogens is 498 g/mol. The van der Waals surface area contributed by atoms with Crippen molar-refractivity contribution < 1.29 is 26.7 Å². The Bertz CT molecular complexity index is 1290. The molecule has 0 bridgehead atoms. The Hall–Kier alpha value is -1.92. The number of aryl methyl sites for hydroxylation is 1. The number of sulfone groups is 1. The number of aliphatic hydroxyl groups is 1. The third-order valence-electron chi connectivity index (χ3n) is 6.56. The van der Waals surface area contributed by atoms with Gasteiger partial charge < -0.3 is 15.3 Å².